The lowest BCUT2D eigenvalue weighted by molar-refractivity contribution is -0.130. The van der Waals surface area contributed by atoms with E-state index in [4.69, 9.17) is 5.11 Å². The van der Waals surface area contributed by atoms with Crippen molar-refractivity contribution in [2.45, 2.75) is 32.7 Å². The molecule has 0 saturated heterocycles. The van der Waals surface area contributed by atoms with E-state index in [1.807, 2.05) is 18.5 Å². The molecule has 0 bridgehead atoms. The molecule has 0 aliphatic rings. The maximum atomic E-state index is 11.8. The SMILES string of the molecule is CCCCC(=O)N(C)Cc1csc(C#CCO)c1. The first-order chi connectivity index (χ1) is 8.67. The van der Waals surface area contributed by atoms with E-state index < -0.39 is 0 Å². The molecular formula is C14H19NO2S. The molecule has 0 aliphatic heterocycles. The maximum absolute atomic E-state index is 11.8. The van der Waals surface area contributed by atoms with Crippen molar-refractivity contribution in [2.24, 2.45) is 0 Å². The van der Waals surface area contributed by atoms with Crippen LogP contribution in [0.5, 0.6) is 0 Å². The molecule has 0 unspecified atom stereocenters. The summed E-state index contributed by atoms with van der Waals surface area (Å²) in [6.45, 7) is 2.58. The van der Waals surface area contributed by atoms with Gasteiger partial charge in [0.1, 0.15) is 6.61 Å². The van der Waals surface area contributed by atoms with Crippen LogP contribution in [0.15, 0.2) is 11.4 Å². The first-order valence-corrected chi connectivity index (χ1v) is 6.96. The zero-order valence-corrected chi connectivity index (χ0v) is 11.7. The van der Waals surface area contributed by atoms with Gasteiger partial charge in [-0.1, -0.05) is 25.2 Å². The summed E-state index contributed by atoms with van der Waals surface area (Å²) < 4.78 is 0. The normalized spacial score (nSPS) is 9.72. The van der Waals surface area contributed by atoms with Gasteiger partial charge in [-0.05, 0) is 23.4 Å². The average molecular weight is 265 g/mol. The Bertz CT molecular complexity index is 442. The Morgan fingerprint density at radius 1 is 1.56 bits per heavy atom. The predicted molar refractivity (Wildman–Crippen MR) is 74.3 cm³/mol. The predicted octanol–water partition coefficient (Wildman–Crippen LogP) is 2.24. The van der Waals surface area contributed by atoms with Gasteiger partial charge >= 0.3 is 0 Å². The summed E-state index contributed by atoms with van der Waals surface area (Å²) in [6.07, 6.45) is 2.60. The number of unbranched alkanes of at least 4 members (excludes halogenated alkanes) is 1. The first-order valence-electron chi connectivity index (χ1n) is 6.08. The first kappa shape index (κ1) is 14.7. The molecule has 1 aromatic rings. The zero-order valence-electron chi connectivity index (χ0n) is 10.9. The smallest absolute Gasteiger partial charge is 0.222 e. The molecule has 1 heterocycles. The van der Waals surface area contributed by atoms with E-state index in [1.165, 1.54) is 11.3 Å². The van der Waals surface area contributed by atoms with Crippen LogP contribution in [0.2, 0.25) is 0 Å². The van der Waals surface area contributed by atoms with E-state index in [-0.39, 0.29) is 12.5 Å². The van der Waals surface area contributed by atoms with Crippen LogP contribution in [0.25, 0.3) is 0 Å². The van der Waals surface area contributed by atoms with Gasteiger partial charge in [0.15, 0.2) is 0 Å². The number of hydrogen-bond acceptors (Lipinski definition) is 3. The van der Waals surface area contributed by atoms with Crippen LogP contribution in [0, 0.1) is 11.8 Å². The number of thiophene rings is 1. The highest BCUT2D eigenvalue weighted by Gasteiger charge is 2.09. The maximum Gasteiger partial charge on any atom is 0.222 e. The molecule has 98 valence electrons. The average Bonchev–Trinajstić information content (AvgIpc) is 2.80. The molecule has 1 aromatic heterocycles. The Kier molecular flexibility index (Phi) is 6.48. The van der Waals surface area contributed by atoms with Crippen LogP contribution in [0.4, 0.5) is 0 Å². The van der Waals surface area contributed by atoms with Crippen molar-refractivity contribution in [3.8, 4) is 11.8 Å². The summed E-state index contributed by atoms with van der Waals surface area (Å²) in [5, 5.41) is 10.6. The Balaban J connectivity index is 2.51. The van der Waals surface area contributed by atoms with Crippen LogP contribution >= 0.6 is 11.3 Å². The van der Waals surface area contributed by atoms with Crippen molar-refractivity contribution < 1.29 is 9.90 Å². The number of hydrogen-bond donors (Lipinski definition) is 1. The van der Waals surface area contributed by atoms with Gasteiger partial charge in [0.2, 0.25) is 5.91 Å². The van der Waals surface area contributed by atoms with Gasteiger partial charge in [-0.25, -0.2) is 0 Å². The number of rotatable bonds is 5. The van der Waals surface area contributed by atoms with Crippen LogP contribution < -0.4 is 0 Å². The van der Waals surface area contributed by atoms with Crippen LogP contribution in [-0.2, 0) is 11.3 Å². The van der Waals surface area contributed by atoms with Crippen molar-refractivity contribution >= 4 is 17.2 Å². The number of carbonyl (C=O) groups excluding carboxylic acids is 1. The van der Waals surface area contributed by atoms with Crippen LogP contribution in [0.1, 0.15) is 36.6 Å². The minimum atomic E-state index is -0.122. The van der Waals surface area contributed by atoms with Gasteiger partial charge in [-0.15, -0.1) is 11.3 Å². The molecule has 0 saturated carbocycles. The number of carbonyl (C=O) groups is 1. The fraction of sp³-hybridized carbons (Fsp3) is 0.500. The number of amides is 1. The second-order valence-corrected chi connectivity index (χ2v) is 5.04. The third kappa shape index (κ3) is 4.91. The highest BCUT2D eigenvalue weighted by molar-refractivity contribution is 7.10. The number of nitrogens with zero attached hydrogens (tertiary/aromatic N) is 1. The minimum Gasteiger partial charge on any atom is -0.384 e. The highest BCUT2D eigenvalue weighted by Crippen LogP contribution is 2.15. The molecule has 3 nitrogen and oxygen atoms in total. The standard InChI is InChI=1S/C14H19NO2S/c1-3-4-7-14(17)15(2)10-12-9-13(18-11-12)6-5-8-16/h9,11,16H,3-4,7-8,10H2,1-2H3. The fourth-order valence-electron chi connectivity index (χ4n) is 1.53. The molecule has 0 fully saturated rings. The minimum absolute atomic E-state index is 0.122. The molecule has 1 N–H and O–H groups in total. The lowest BCUT2D eigenvalue weighted by Crippen LogP contribution is -2.25. The fourth-order valence-corrected chi connectivity index (χ4v) is 2.30. The molecule has 0 radical (unpaired) electrons. The van der Waals surface area contributed by atoms with E-state index in [0.29, 0.717) is 13.0 Å². The van der Waals surface area contributed by atoms with Crippen LogP contribution in [-0.4, -0.2) is 29.6 Å². The lowest BCUT2D eigenvalue weighted by Gasteiger charge is -2.16. The largest absolute Gasteiger partial charge is 0.384 e. The van der Waals surface area contributed by atoms with Gasteiger partial charge in [0, 0.05) is 20.0 Å². The van der Waals surface area contributed by atoms with Gasteiger partial charge < -0.3 is 10.0 Å². The van der Waals surface area contributed by atoms with Crippen LogP contribution in [0.3, 0.4) is 0 Å². The molecule has 4 heteroatoms. The molecule has 18 heavy (non-hydrogen) atoms. The van der Waals surface area contributed by atoms with Crippen molar-refractivity contribution in [3.05, 3.63) is 21.9 Å². The zero-order chi connectivity index (χ0) is 13.4. The van der Waals surface area contributed by atoms with E-state index >= 15 is 0 Å². The Labute approximate surface area is 112 Å². The third-order valence-electron chi connectivity index (χ3n) is 2.53. The monoisotopic (exact) mass is 265 g/mol. The Morgan fingerprint density at radius 2 is 2.33 bits per heavy atom. The highest BCUT2D eigenvalue weighted by atomic mass is 32.1. The second-order valence-electron chi connectivity index (χ2n) is 4.13. The van der Waals surface area contributed by atoms with Crippen molar-refractivity contribution in [2.75, 3.05) is 13.7 Å². The van der Waals surface area contributed by atoms with Gasteiger partial charge in [0.25, 0.3) is 0 Å². The summed E-state index contributed by atoms with van der Waals surface area (Å²) >= 11 is 1.54. The van der Waals surface area contributed by atoms with E-state index in [9.17, 15) is 4.79 Å². The van der Waals surface area contributed by atoms with Gasteiger partial charge in [0.05, 0.1) is 4.88 Å². The summed E-state index contributed by atoms with van der Waals surface area (Å²) in [5.74, 6) is 5.67. The molecule has 1 rings (SSSR count). The molecule has 0 spiro atoms. The summed E-state index contributed by atoms with van der Waals surface area (Å²) in [7, 11) is 1.83. The van der Waals surface area contributed by atoms with Gasteiger partial charge in [-0.3, -0.25) is 4.79 Å². The summed E-state index contributed by atoms with van der Waals surface area (Å²) in [5.41, 5.74) is 1.09. The number of aliphatic hydroxyl groups excluding tert-OH is 1. The lowest BCUT2D eigenvalue weighted by atomic mass is 10.2. The third-order valence-corrected chi connectivity index (χ3v) is 3.43. The second kappa shape index (κ2) is 7.91. The quantitative estimate of drug-likeness (QED) is 0.829. The van der Waals surface area contributed by atoms with Crippen molar-refractivity contribution in [1.82, 2.24) is 4.90 Å². The Morgan fingerprint density at radius 3 is 3.00 bits per heavy atom. The topological polar surface area (TPSA) is 40.5 Å². The van der Waals surface area contributed by atoms with E-state index in [0.717, 1.165) is 23.3 Å². The molecule has 1 amide bonds. The van der Waals surface area contributed by atoms with E-state index in [2.05, 4.69) is 18.8 Å². The van der Waals surface area contributed by atoms with Gasteiger partial charge in [-0.2, -0.15) is 0 Å². The molecular weight excluding hydrogens is 246 g/mol. The van der Waals surface area contributed by atoms with Crippen molar-refractivity contribution in [1.29, 1.82) is 0 Å². The van der Waals surface area contributed by atoms with E-state index in [1.54, 1.807) is 4.90 Å². The molecule has 0 aliphatic carbocycles. The molecule has 0 aromatic carbocycles. The summed E-state index contributed by atoms with van der Waals surface area (Å²) in [6, 6.07) is 1.97. The number of aliphatic hydroxyl groups is 1. The van der Waals surface area contributed by atoms with Crippen molar-refractivity contribution in [3.63, 3.8) is 0 Å². The summed E-state index contributed by atoms with van der Waals surface area (Å²) in [4.78, 5) is 14.4. The Hall–Kier alpha value is -1.31. The molecule has 0 atom stereocenters.